The number of urea groups is 1. The predicted molar refractivity (Wildman–Crippen MR) is 79.9 cm³/mol. The molecule has 0 radical (unpaired) electrons. The second kappa shape index (κ2) is 7.11. The summed E-state index contributed by atoms with van der Waals surface area (Å²) in [5.74, 6) is -1.03. The van der Waals surface area contributed by atoms with Crippen LogP contribution in [0.2, 0.25) is 0 Å². The quantitative estimate of drug-likeness (QED) is 0.779. The highest BCUT2D eigenvalue weighted by Gasteiger charge is 2.32. The minimum absolute atomic E-state index is 0.0419. The standard InChI is InChI=1S/C16H22N2O3/c1-11(12-6-3-2-4-7-12)18-16(21)17-10-13-8-5-9-14(13)15(19)20/h2-4,6-7,11,13-14H,5,8-10H2,1H3,(H,19,20)(H2,17,18,21). The SMILES string of the molecule is CC(NC(=O)NCC1CCCC1C(=O)O)c1ccccc1. The molecule has 0 bridgehead atoms. The van der Waals surface area contributed by atoms with Crippen molar-refractivity contribution in [1.82, 2.24) is 10.6 Å². The highest BCUT2D eigenvalue weighted by Crippen LogP contribution is 2.31. The molecule has 1 aliphatic carbocycles. The molecule has 3 unspecified atom stereocenters. The molecule has 114 valence electrons. The van der Waals surface area contributed by atoms with Crippen LogP contribution in [0.25, 0.3) is 0 Å². The number of nitrogens with one attached hydrogen (secondary N) is 2. The lowest BCUT2D eigenvalue weighted by molar-refractivity contribution is -0.142. The topological polar surface area (TPSA) is 78.4 Å². The van der Waals surface area contributed by atoms with E-state index in [0.29, 0.717) is 13.0 Å². The smallest absolute Gasteiger partial charge is 0.315 e. The van der Waals surface area contributed by atoms with Crippen LogP contribution in [0.15, 0.2) is 30.3 Å². The number of carboxylic acid groups (broad SMARTS) is 1. The summed E-state index contributed by atoms with van der Waals surface area (Å²) in [6.07, 6.45) is 2.50. The van der Waals surface area contributed by atoms with Crippen LogP contribution in [-0.4, -0.2) is 23.7 Å². The molecule has 5 nitrogen and oxygen atoms in total. The Balaban J connectivity index is 1.78. The summed E-state index contributed by atoms with van der Waals surface area (Å²) < 4.78 is 0. The lowest BCUT2D eigenvalue weighted by Gasteiger charge is -2.19. The lowest BCUT2D eigenvalue weighted by Crippen LogP contribution is -2.40. The van der Waals surface area contributed by atoms with Crippen molar-refractivity contribution in [3.63, 3.8) is 0 Å². The molecule has 1 aliphatic rings. The van der Waals surface area contributed by atoms with E-state index in [9.17, 15) is 9.59 Å². The number of carboxylic acids is 1. The molecule has 0 aromatic heterocycles. The molecule has 5 heteroatoms. The van der Waals surface area contributed by atoms with Crippen molar-refractivity contribution >= 4 is 12.0 Å². The molecule has 1 aromatic rings. The molecule has 2 amide bonds. The van der Waals surface area contributed by atoms with E-state index in [4.69, 9.17) is 5.11 Å². The van der Waals surface area contributed by atoms with E-state index < -0.39 is 5.97 Å². The van der Waals surface area contributed by atoms with Gasteiger partial charge < -0.3 is 15.7 Å². The summed E-state index contributed by atoms with van der Waals surface area (Å²) in [4.78, 5) is 23.0. The van der Waals surface area contributed by atoms with Gasteiger partial charge in [-0.2, -0.15) is 0 Å². The summed E-state index contributed by atoms with van der Waals surface area (Å²) >= 11 is 0. The van der Waals surface area contributed by atoms with Crippen molar-refractivity contribution in [1.29, 1.82) is 0 Å². The average molecular weight is 290 g/mol. The fourth-order valence-electron chi connectivity index (χ4n) is 2.90. The number of rotatable bonds is 5. The van der Waals surface area contributed by atoms with Crippen molar-refractivity contribution in [3.05, 3.63) is 35.9 Å². The van der Waals surface area contributed by atoms with Crippen LogP contribution in [0.1, 0.15) is 37.8 Å². The molecule has 0 heterocycles. The van der Waals surface area contributed by atoms with E-state index in [-0.39, 0.29) is 23.9 Å². The highest BCUT2D eigenvalue weighted by molar-refractivity contribution is 5.75. The van der Waals surface area contributed by atoms with Crippen LogP contribution in [0, 0.1) is 11.8 Å². The van der Waals surface area contributed by atoms with Gasteiger partial charge in [0.1, 0.15) is 0 Å². The maximum Gasteiger partial charge on any atom is 0.315 e. The predicted octanol–water partition coefficient (Wildman–Crippen LogP) is 2.55. The number of benzene rings is 1. The molecule has 1 aromatic carbocycles. The van der Waals surface area contributed by atoms with E-state index in [1.807, 2.05) is 37.3 Å². The van der Waals surface area contributed by atoms with Gasteiger partial charge >= 0.3 is 12.0 Å². The van der Waals surface area contributed by atoms with E-state index in [1.54, 1.807) is 0 Å². The summed E-state index contributed by atoms with van der Waals surface area (Å²) in [5, 5.41) is 14.8. The Hall–Kier alpha value is -2.04. The van der Waals surface area contributed by atoms with Crippen molar-refractivity contribution in [2.45, 2.75) is 32.2 Å². The third kappa shape index (κ3) is 4.21. The summed E-state index contributed by atoms with van der Waals surface area (Å²) in [5.41, 5.74) is 1.04. The summed E-state index contributed by atoms with van der Waals surface area (Å²) in [7, 11) is 0. The van der Waals surface area contributed by atoms with E-state index in [1.165, 1.54) is 0 Å². The molecule has 0 spiro atoms. The molecule has 1 saturated carbocycles. The van der Waals surface area contributed by atoms with Crippen molar-refractivity contribution in [2.75, 3.05) is 6.54 Å². The molecule has 0 aliphatic heterocycles. The lowest BCUT2D eigenvalue weighted by atomic mass is 9.96. The molecule has 21 heavy (non-hydrogen) atoms. The maximum absolute atomic E-state index is 11.9. The van der Waals surface area contributed by atoms with Gasteiger partial charge in [0.15, 0.2) is 0 Å². The van der Waals surface area contributed by atoms with Crippen LogP contribution < -0.4 is 10.6 Å². The first-order chi connectivity index (χ1) is 10.1. The molecule has 2 rings (SSSR count). The molecular formula is C16H22N2O3. The van der Waals surface area contributed by atoms with Gasteiger partial charge in [-0.3, -0.25) is 4.79 Å². The van der Waals surface area contributed by atoms with E-state index in [2.05, 4.69) is 10.6 Å². The highest BCUT2D eigenvalue weighted by atomic mass is 16.4. The first-order valence-electron chi connectivity index (χ1n) is 7.40. The Bertz CT molecular complexity index is 490. The molecule has 1 fully saturated rings. The Morgan fingerprint density at radius 3 is 2.67 bits per heavy atom. The third-order valence-electron chi connectivity index (χ3n) is 4.15. The zero-order chi connectivity index (χ0) is 15.2. The van der Waals surface area contributed by atoms with Gasteiger partial charge in [0, 0.05) is 6.54 Å². The Labute approximate surface area is 124 Å². The molecule has 3 atom stereocenters. The van der Waals surface area contributed by atoms with Gasteiger partial charge in [-0.1, -0.05) is 36.8 Å². The van der Waals surface area contributed by atoms with Crippen LogP contribution in [0.3, 0.4) is 0 Å². The van der Waals surface area contributed by atoms with Crippen LogP contribution in [-0.2, 0) is 4.79 Å². The molecule has 0 saturated heterocycles. The first-order valence-corrected chi connectivity index (χ1v) is 7.40. The number of carbonyl (C=O) groups is 2. The van der Waals surface area contributed by atoms with Crippen molar-refractivity contribution in [3.8, 4) is 0 Å². The van der Waals surface area contributed by atoms with Crippen LogP contribution >= 0.6 is 0 Å². The number of hydrogen-bond acceptors (Lipinski definition) is 2. The Morgan fingerprint density at radius 1 is 1.29 bits per heavy atom. The third-order valence-corrected chi connectivity index (χ3v) is 4.15. The van der Waals surface area contributed by atoms with Gasteiger partial charge in [-0.15, -0.1) is 0 Å². The average Bonchev–Trinajstić information content (AvgIpc) is 2.94. The second-order valence-corrected chi connectivity index (χ2v) is 5.62. The minimum atomic E-state index is -0.752. The number of amides is 2. The zero-order valence-electron chi connectivity index (χ0n) is 12.2. The second-order valence-electron chi connectivity index (χ2n) is 5.62. The van der Waals surface area contributed by atoms with Crippen molar-refractivity contribution < 1.29 is 14.7 Å². The van der Waals surface area contributed by atoms with Gasteiger partial charge in [-0.05, 0) is 31.2 Å². The summed E-state index contributed by atoms with van der Waals surface area (Å²) in [6.45, 7) is 2.34. The van der Waals surface area contributed by atoms with E-state index >= 15 is 0 Å². The molecular weight excluding hydrogens is 268 g/mol. The largest absolute Gasteiger partial charge is 0.481 e. The maximum atomic E-state index is 11.9. The Kier molecular flexibility index (Phi) is 5.20. The first kappa shape index (κ1) is 15.4. The number of hydrogen-bond donors (Lipinski definition) is 3. The normalized spacial score (nSPS) is 22.5. The monoisotopic (exact) mass is 290 g/mol. The van der Waals surface area contributed by atoms with Crippen LogP contribution in [0.4, 0.5) is 4.79 Å². The van der Waals surface area contributed by atoms with E-state index in [0.717, 1.165) is 18.4 Å². The number of aliphatic carboxylic acids is 1. The number of carbonyl (C=O) groups excluding carboxylic acids is 1. The molecule has 3 N–H and O–H groups in total. The van der Waals surface area contributed by atoms with Gasteiger partial charge in [0.25, 0.3) is 0 Å². The fraction of sp³-hybridized carbons (Fsp3) is 0.500. The minimum Gasteiger partial charge on any atom is -0.481 e. The van der Waals surface area contributed by atoms with Gasteiger partial charge in [-0.25, -0.2) is 4.79 Å². The van der Waals surface area contributed by atoms with Gasteiger partial charge in [0.2, 0.25) is 0 Å². The summed E-state index contributed by atoms with van der Waals surface area (Å²) in [6, 6.07) is 9.39. The van der Waals surface area contributed by atoms with Crippen LogP contribution in [0.5, 0.6) is 0 Å². The Morgan fingerprint density at radius 2 is 2.00 bits per heavy atom. The van der Waals surface area contributed by atoms with Gasteiger partial charge in [0.05, 0.1) is 12.0 Å². The van der Waals surface area contributed by atoms with Crippen molar-refractivity contribution in [2.24, 2.45) is 11.8 Å². The zero-order valence-corrected chi connectivity index (χ0v) is 12.2. The fourth-order valence-corrected chi connectivity index (χ4v) is 2.90.